The van der Waals surface area contributed by atoms with Crippen molar-refractivity contribution in [3.63, 3.8) is 0 Å². The highest BCUT2D eigenvalue weighted by Crippen LogP contribution is 2.25. The molecule has 1 fully saturated rings. The Labute approximate surface area is 91.2 Å². The van der Waals surface area contributed by atoms with Crippen LogP contribution in [0.2, 0.25) is 0 Å². The van der Waals surface area contributed by atoms with Crippen molar-refractivity contribution in [2.24, 2.45) is 0 Å². The molecule has 0 aromatic heterocycles. The molecule has 0 unspecified atom stereocenters. The minimum Gasteiger partial charge on any atom is -0.486 e. The summed E-state index contributed by atoms with van der Waals surface area (Å²) in [5.41, 5.74) is 1.54. The predicted octanol–water partition coefficient (Wildman–Crippen LogP) is 2.76. The summed E-state index contributed by atoms with van der Waals surface area (Å²) in [7, 11) is 0. The van der Waals surface area contributed by atoms with Crippen molar-refractivity contribution < 1.29 is 9.47 Å². The van der Waals surface area contributed by atoms with Gasteiger partial charge in [0.05, 0.1) is 13.2 Å². The first-order valence-electron chi connectivity index (χ1n) is 5.41. The molecule has 0 radical (unpaired) electrons. The molecule has 2 heteroatoms. The summed E-state index contributed by atoms with van der Waals surface area (Å²) in [4.78, 5) is 0. The van der Waals surface area contributed by atoms with Gasteiger partial charge in [0, 0.05) is 0 Å². The average Bonchev–Trinajstić information content (AvgIpc) is 2.11. The summed E-state index contributed by atoms with van der Waals surface area (Å²) >= 11 is 0. The van der Waals surface area contributed by atoms with E-state index >= 15 is 0 Å². The van der Waals surface area contributed by atoms with E-state index in [1.807, 2.05) is 12.1 Å². The highest BCUT2D eigenvalue weighted by Gasteiger charge is 2.20. The van der Waals surface area contributed by atoms with Crippen molar-refractivity contribution in [2.75, 3.05) is 13.2 Å². The lowest BCUT2D eigenvalue weighted by Gasteiger charge is -2.27. The molecule has 82 valence electrons. The van der Waals surface area contributed by atoms with Crippen molar-refractivity contribution >= 4 is 0 Å². The van der Waals surface area contributed by atoms with Crippen molar-refractivity contribution in [3.8, 4) is 5.75 Å². The summed E-state index contributed by atoms with van der Waals surface area (Å²) in [5, 5.41) is 0. The van der Waals surface area contributed by atoms with Crippen LogP contribution in [0.3, 0.4) is 0 Å². The van der Waals surface area contributed by atoms with Gasteiger partial charge in [-0.05, 0) is 23.1 Å². The number of hydrogen-bond acceptors (Lipinski definition) is 2. The number of benzene rings is 1. The zero-order valence-electron chi connectivity index (χ0n) is 9.62. The van der Waals surface area contributed by atoms with E-state index in [1.54, 1.807) is 0 Å². The van der Waals surface area contributed by atoms with Gasteiger partial charge in [0.25, 0.3) is 0 Å². The van der Waals surface area contributed by atoms with Gasteiger partial charge in [-0.2, -0.15) is 0 Å². The standard InChI is InChI=1S/C13H18O2/c1-13(2,3)10-4-6-11(7-5-10)15-12-8-14-9-12/h4-7,12H,8-9H2,1-3H3. The Morgan fingerprint density at radius 2 is 1.73 bits per heavy atom. The largest absolute Gasteiger partial charge is 0.486 e. The molecule has 0 spiro atoms. The topological polar surface area (TPSA) is 18.5 Å². The summed E-state index contributed by atoms with van der Waals surface area (Å²) in [6.07, 6.45) is 0.255. The molecule has 1 aliphatic rings. The molecule has 0 amide bonds. The Hall–Kier alpha value is -1.02. The molecule has 1 aromatic rings. The van der Waals surface area contributed by atoms with Crippen LogP contribution in [0.25, 0.3) is 0 Å². The van der Waals surface area contributed by atoms with Gasteiger partial charge in [-0.25, -0.2) is 0 Å². The third-order valence-corrected chi connectivity index (χ3v) is 2.63. The van der Waals surface area contributed by atoms with Crippen LogP contribution in [0.5, 0.6) is 5.75 Å². The fourth-order valence-electron chi connectivity index (χ4n) is 1.51. The molecule has 0 bridgehead atoms. The minimum atomic E-state index is 0.206. The quantitative estimate of drug-likeness (QED) is 0.740. The van der Waals surface area contributed by atoms with Gasteiger partial charge in [-0.15, -0.1) is 0 Å². The van der Waals surface area contributed by atoms with Crippen LogP contribution in [0.4, 0.5) is 0 Å². The predicted molar refractivity (Wildman–Crippen MR) is 60.4 cm³/mol. The molecule has 0 saturated carbocycles. The lowest BCUT2D eigenvalue weighted by Crippen LogP contribution is -2.38. The van der Waals surface area contributed by atoms with Gasteiger partial charge in [0.2, 0.25) is 0 Å². The second kappa shape index (κ2) is 3.86. The van der Waals surface area contributed by atoms with E-state index in [1.165, 1.54) is 5.56 Å². The maximum absolute atomic E-state index is 5.69. The first kappa shape index (κ1) is 10.5. The van der Waals surface area contributed by atoms with Gasteiger partial charge >= 0.3 is 0 Å². The van der Waals surface area contributed by atoms with Gasteiger partial charge in [0.15, 0.2) is 0 Å². The molecule has 1 heterocycles. The van der Waals surface area contributed by atoms with E-state index in [4.69, 9.17) is 9.47 Å². The van der Waals surface area contributed by atoms with E-state index in [0.717, 1.165) is 19.0 Å². The molecule has 0 N–H and O–H groups in total. The fraction of sp³-hybridized carbons (Fsp3) is 0.538. The lowest BCUT2D eigenvalue weighted by atomic mass is 9.87. The van der Waals surface area contributed by atoms with Gasteiger partial charge in [-0.3, -0.25) is 0 Å². The zero-order chi connectivity index (χ0) is 10.9. The summed E-state index contributed by atoms with van der Waals surface area (Å²) in [5.74, 6) is 0.941. The minimum absolute atomic E-state index is 0.206. The second-order valence-electron chi connectivity index (χ2n) is 5.05. The smallest absolute Gasteiger partial charge is 0.145 e. The molecule has 2 nitrogen and oxygen atoms in total. The van der Waals surface area contributed by atoms with Crippen LogP contribution in [0.15, 0.2) is 24.3 Å². The van der Waals surface area contributed by atoms with E-state index in [2.05, 4.69) is 32.9 Å². The maximum Gasteiger partial charge on any atom is 0.145 e. The summed E-state index contributed by atoms with van der Waals surface area (Å²) in [6.45, 7) is 8.08. The van der Waals surface area contributed by atoms with E-state index in [9.17, 15) is 0 Å². The third-order valence-electron chi connectivity index (χ3n) is 2.63. The lowest BCUT2D eigenvalue weighted by molar-refractivity contribution is -0.0796. The van der Waals surface area contributed by atoms with Gasteiger partial charge in [-0.1, -0.05) is 32.9 Å². The highest BCUT2D eigenvalue weighted by atomic mass is 16.6. The summed E-state index contributed by atoms with van der Waals surface area (Å²) in [6, 6.07) is 8.35. The monoisotopic (exact) mass is 206 g/mol. The fourth-order valence-corrected chi connectivity index (χ4v) is 1.51. The van der Waals surface area contributed by atoms with E-state index in [-0.39, 0.29) is 11.5 Å². The Bertz CT molecular complexity index is 317. The molecule has 0 aliphatic carbocycles. The Morgan fingerprint density at radius 3 is 2.13 bits per heavy atom. The van der Waals surface area contributed by atoms with Crippen LogP contribution < -0.4 is 4.74 Å². The Balaban J connectivity index is 2.03. The molecular weight excluding hydrogens is 188 g/mol. The Kier molecular flexibility index (Phi) is 2.70. The van der Waals surface area contributed by atoms with Crippen LogP contribution in [-0.4, -0.2) is 19.3 Å². The van der Waals surface area contributed by atoms with E-state index < -0.39 is 0 Å². The molecule has 1 saturated heterocycles. The molecular formula is C13H18O2. The number of rotatable bonds is 2. The zero-order valence-corrected chi connectivity index (χ0v) is 9.62. The highest BCUT2D eigenvalue weighted by molar-refractivity contribution is 5.31. The van der Waals surface area contributed by atoms with Crippen LogP contribution in [0, 0.1) is 0 Å². The first-order valence-corrected chi connectivity index (χ1v) is 5.41. The normalized spacial score (nSPS) is 17.3. The molecule has 1 aliphatic heterocycles. The molecule has 2 rings (SSSR count). The van der Waals surface area contributed by atoms with Crippen molar-refractivity contribution in [1.29, 1.82) is 0 Å². The summed E-state index contributed by atoms with van der Waals surface area (Å²) < 4.78 is 10.8. The van der Waals surface area contributed by atoms with Gasteiger partial charge < -0.3 is 9.47 Å². The van der Waals surface area contributed by atoms with E-state index in [0.29, 0.717) is 0 Å². The number of ether oxygens (including phenoxy) is 2. The van der Waals surface area contributed by atoms with Crippen molar-refractivity contribution in [2.45, 2.75) is 32.3 Å². The SMILES string of the molecule is CC(C)(C)c1ccc(OC2COC2)cc1. The van der Waals surface area contributed by atoms with Crippen molar-refractivity contribution in [1.82, 2.24) is 0 Å². The van der Waals surface area contributed by atoms with Crippen molar-refractivity contribution in [3.05, 3.63) is 29.8 Å². The second-order valence-corrected chi connectivity index (χ2v) is 5.05. The third kappa shape index (κ3) is 2.51. The molecule has 15 heavy (non-hydrogen) atoms. The Morgan fingerprint density at radius 1 is 1.13 bits per heavy atom. The first-order chi connectivity index (χ1) is 7.05. The van der Waals surface area contributed by atoms with Gasteiger partial charge in [0.1, 0.15) is 11.9 Å². The van der Waals surface area contributed by atoms with Crippen LogP contribution in [-0.2, 0) is 10.2 Å². The average molecular weight is 206 g/mol. The van der Waals surface area contributed by atoms with Crippen LogP contribution >= 0.6 is 0 Å². The number of hydrogen-bond donors (Lipinski definition) is 0. The van der Waals surface area contributed by atoms with Crippen LogP contribution in [0.1, 0.15) is 26.3 Å². The maximum atomic E-state index is 5.69. The molecule has 1 aromatic carbocycles. The molecule has 0 atom stereocenters.